The van der Waals surface area contributed by atoms with E-state index in [1.807, 2.05) is 0 Å². The molecule has 1 N–H and O–H groups in total. The summed E-state index contributed by atoms with van der Waals surface area (Å²) in [7, 11) is 0. The third kappa shape index (κ3) is 4.25. The minimum absolute atomic E-state index is 0.0000872. The van der Waals surface area contributed by atoms with Crippen LogP contribution in [0.15, 0.2) is 34.3 Å². The number of nitrogens with zero attached hydrogens (tertiary/aromatic N) is 4. The SMILES string of the molecule is CCCCC1(C2N=C3C=CC=CC3N2)CCCN(C2CCCCCCC2)C1=NC#N. The number of fused-ring (bicyclic) bond motifs is 1. The van der Waals surface area contributed by atoms with E-state index < -0.39 is 0 Å². The third-order valence-corrected chi connectivity index (χ3v) is 7.53. The normalized spacial score (nSPS) is 33.7. The second kappa shape index (κ2) is 9.92. The predicted molar refractivity (Wildman–Crippen MR) is 123 cm³/mol. The van der Waals surface area contributed by atoms with Crippen molar-refractivity contribution in [3.63, 3.8) is 0 Å². The fraction of sp³-hybridized carbons (Fsp3) is 0.720. The summed E-state index contributed by atoms with van der Waals surface area (Å²) in [5.41, 5.74) is 0.941. The molecule has 0 bridgehead atoms. The Morgan fingerprint density at radius 1 is 1.20 bits per heavy atom. The third-order valence-electron chi connectivity index (χ3n) is 7.53. The van der Waals surface area contributed by atoms with Crippen molar-refractivity contribution in [3.05, 3.63) is 24.3 Å². The molecule has 0 aromatic carbocycles. The molecule has 0 radical (unpaired) electrons. The summed E-state index contributed by atoms with van der Waals surface area (Å²) in [6.07, 6.45) is 25.4. The van der Waals surface area contributed by atoms with Crippen LogP contribution in [0.25, 0.3) is 0 Å². The first-order chi connectivity index (χ1) is 14.8. The van der Waals surface area contributed by atoms with E-state index in [9.17, 15) is 5.26 Å². The van der Waals surface area contributed by atoms with Crippen molar-refractivity contribution >= 4 is 11.5 Å². The monoisotopic (exact) mass is 407 g/mol. The van der Waals surface area contributed by atoms with Gasteiger partial charge in [-0.15, -0.1) is 0 Å². The molecule has 1 saturated heterocycles. The molecule has 2 aliphatic heterocycles. The van der Waals surface area contributed by atoms with Crippen LogP contribution in [-0.2, 0) is 0 Å². The zero-order valence-corrected chi connectivity index (χ0v) is 18.5. The van der Waals surface area contributed by atoms with Gasteiger partial charge in [-0.2, -0.15) is 10.3 Å². The first-order valence-corrected chi connectivity index (χ1v) is 12.2. The average Bonchev–Trinajstić information content (AvgIpc) is 3.18. The molecule has 30 heavy (non-hydrogen) atoms. The van der Waals surface area contributed by atoms with Crippen LogP contribution in [0.4, 0.5) is 0 Å². The van der Waals surface area contributed by atoms with E-state index in [4.69, 9.17) is 4.99 Å². The Kier molecular flexibility index (Phi) is 7.04. The van der Waals surface area contributed by atoms with E-state index in [1.54, 1.807) is 0 Å². The number of rotatable bonds is 5. The molecule has 0 spiro atoms. The molecule has 5 nitrogen and oxygen atoms in total. The van der Waals surface area contributed by atoms with Gasteiger partial charge in [-0.1, -0.05) is 70.1 Å². The molecule has 2 heterocycles. The van der Waals surface area contributed by atoms with Crippen LogP contribution in [0.3, 0.4) is 0 Å². The lowest BCUT2D eigenvalue weighted by Crippen LogP contribution is -2.59. The average molecular weight is 408 g/mol. The van der Waals surface area contributed by atoms with Gasteiger partial charge >= 0.3 is 0 Å². The molecule has 4 aliphatic rings. The molecule has 162 valence electrons. The lowest BCUT2D eigenvalue weighted by molar-refractivity contribution is 0.144. The minimum Gasteiger partial charge on any atom is -0.356 e. The number of piperidine rings is 1. The summed E-state index contributed by atoms with van der Waals surface area (Å²) in [5.74, 6) is 1.03. The highest BCUT2D eigenvalue weighted by molar-refractivity contribution is 6.04. The maximum Gasteiger partial charge on any atom is 0.207 e. The molecule has 5 heteroatoms. The van der Waals surface area contributed by atoms with Crippen molar-refractivity contribution < 1.29 is 0 Å². The molecule has 0 aromatic heterocycles. The molecule has 0 aromatic rings. The summed E-state index contributed by atoms with van der Waals surface area (Å²) in [5, 5.41) is 13.5. The van der Waals surface area contributed by atoms with Crippen LogP contribution in [0, 0.1) is 16.9 Å². The Morgan fingerprint density at radius 2 is 2.00 bits per heavy atom. The van der Waals surface area contributed by atoms with Gasteiger partial charge in [0.05, 0.1) is 17.2 Å². The maximum absolute atomic E-state index is 9.70. The fourth-order valence-electron chi connectivity index (χ4n) is 5.95. The smallest absolute Gasteiger partial charge is 0.207 e. The largest absolute Gasteiger partial charge is 0.356 e. The number of unbranched alkanes of at least 4 members (excludes halogenated alkanes) is 1. The number of nitrogens with one attached hydrogen (secondary N) is 1. The number of likely N-dealkylation sites (tertiary alicyclic amines) is 1. The van der Waals surface area contributed by atoms with E-state index in [0.717, 1.165) is 50.2 Å². The molecule has 2 fully saturated rings. The quantitative estimate of drug-likeness (QED) is 0.644. The summed E-state index contributed by atoms with van der Waals surface area (Å²) >= 11 is 0. The standard InChI is InChI=1S/C25H37N5/c1-2-3-16-25(23-28-21-14-9-10-15-22(21)29-23)17-11-18-30(24(25)27-19-26)20-12-7-5-4-6-8-13-20/h9-10,14-15,20-21,23,28H,2-8,11-13,16-18H2,1H3. The van der Waals surface area contributed by atoms with Gasteiger partial charge in [0.2, 0.25) is 6.19 Å². The van der Waals surface area contributed by atoms with Gasteiger partial charge in [-0.25, -0.2) is 0 Å². The molecule has 3 unspecified atom stereocenters. The Bertz CT molecular complexity index is 750. The molecular weight excluding hydrogens is 370 g/mol. The maximum atomic E-state index is 9.70. The van der Waals surface area contributed by atoms with Crippen molar-refractivity contribution in [3.8, 4) is 6.19 Å². The molecule has 2 aliphatic carbocycles. The van der Waals surface area contributed by atoms with Gasteiger partial charge in [-0.05, 0) is 38.2 Å². The van der Waals surface area contributed by atoms with E-state index in [2.05, 4.69) is 52.6 Å². The minimum atomic E-state index is -0.182. The Balaban J connectivity index is 1.68. The fourth-order valence-corrected chi connectivity index (χ4v) is 5.95. The number of hydrogen-bond donors (Lipinski definition) is 1. The Morgan fingerprint density at radius 3 is 2.73 bits per heavy atom. The molecule has 3 atom stereocenters. The second-order valence-electron chi connectivity index (χ2n) is 9.44. The predicted octanol–water partition coefficient (Wildman–Crippen LogP) is 5.12. The van der Waals surface area contributed by atoms with E-state index in [0.29, 0.717) is 6.04 Å². The van der Waals surface area contributed by atoms with Crippen LogP contribution in [0.5, 0.6) is 0 Å². The van der Waals surface area contributed by atoms with Crippen LogP contribution in [0.1, 0.15) is 84.0 Å². The second-order valence-corrected chi connectivity index (χ2v) is 9.44. The van der Waals surface area contributed by atoms with E-state index >= 15 is 0 Å². The van der Waals surface area contributed by atoms with E-state index in [1.165, 1.54) is 44.9 Å². The van der Waals surface area contributed by atoms with E-state index in [-0.39, 0.29) is 17.6 Å². The van der Waals surface area contributed by atoms with Gasteiger partial charge in [0.15, 0.2) is 0 Å². The highest BCUT2D eigenvalue weighted by Crippen LogP contribution is 2.44. The highest BCUT2D eigenvalue weighted by atomic mass is 15.3. The number of hydrogen-bond acceptors (Lipinski definition) is 4. The number of aliphatic imine (C=N–C) groups is 2. The van der Waals surface area contributed by atoms with Crippen LogP contribution >= 0.6 is 0 Å². The summed E-state index contributed by atoms with van der Waals surface area (Å²) in [6.45, 7) is 3.29. The van der Waals surface area contributed by atoms with Gasteiger partial charge in [0.25, 0.3) is 0 Å². The molecule has 0 amide bonds. The van der Waals surface area contributed by atoms with Crippen LogP contribution in [-0.4, -0.2) is 41.2 Å². The van der Waals surface area contributed by atoms with Crippen molar-refractivity contribution in [2.24, 2.45) is 15.4 Å². The zero-order chi connectivity index (χ0) is 20.8. The van der Waals surface area contributed by atoms with Crippen LogP contribution < -0.4 is 5.32 Å². The van der Waals surface area contributed by atoms with Crippen molar-refractivity contribution in [2.45, 2.75) is 102 Å². The van der Waals surface area contributed by atoms with Gasteiger partial charge in [0.1, 0.15) is 12.0 Å². The van der Waals surface area contributed by atoms with Gasteiger partial charge < -0.3 is 4.90 Å². The lowest BCUT2D eigenvalue weighted by atomic mass is 9.71. The van der Waals surface area contributed by atoms with Crippen LogP contribution in [0.2, 0.25) is 0 Å². The van der Waals surface area contributed by atoms with Crippen molar-refractivity contribution in [1.29, 1.82) is 5.26 Å². The Labute approximate surface area is 182 Å². The molecule has 1 saturated carbocycles. The first kappa shape index (κ1) is 21.3. The molecule has 4 rings (SSSR count). The number of nitriles is 1. The van der Waals surface area contributed by atoms with Gasteiger partial charge in [-0.3, -0.25) is 10.3 Å². The lowest BCUT2D eigenvalue weighted by Gasteiger charge is -2.50. The topological polar surface area (TPSA) is 63.8 Å². The van der Waals surface area contributed by atoms with Gasteiger partial charge in [0, 0.05) is 12.6 Å². The summed E-state index contributed by atoms with van der Waals surface area (Å²) < 4.78 is 0. The number of amidine groups is 1. The van der Waals surface area contributed by atoms with Crippen molar-refractivity contribution in [1.82, 2.24) is 10.2 Å². The highest BCUT2D eigenvalue weighted by Gasteiger charge is 2.51. The first-order valence-electron chi connectivity index (χ1n) is 12.2. The number of allylic oxidation sites excluding steroid dienone is 2. The summed E-state index contributed by atoms with van der Waals surface area (Å²) in [4.78, 5) is 12.3. The Hall–Kier alpha value is -1.93. The summed E-state index contributed by atoms with van der Waals surface area (Å²) in [6, 6.07) is 0.716. The molecular formula is C25H37N5. The zero-order valence-electron chi connectivity index (χ0n) is 18.5. The van der Waals surface area contributed by atoms with Crippen molar-refractivity contribution in [2.75, 3.05) is 6.54 Å².